The van der Waals surface area contributed by atoms with Crippen LogP contribution in [-0.4, -0.2) is 72.7 Å². The van der Waals surface area contributed by atoms with E-state index in [9.17, 15) is 9.90 Å². The molecule has 1 saturated heterocycles. The third-order valence-electron chi connectivity index (χ3n) is 4.97. The Balaban J connectivity index is 1.91. The molecule has 1 amide bonds. The van der Waals surface area contributed by atoms with Crippen molar-refractivity contribution in [1.82, 2.24) is 14.7 Å². The number of halogens is 1. The van der Waals surface area contributed by atoms with Gasteiger partial charge >= 0.3 is 6.09 Å². The maximum Gasteiger partial charge on any atom is 0.407 e. The molecule has 152 valence electrons. The van der Waals surface area contributed by atoms with E-state index >= 15 is 0 Å². The maximum atomic E-state index is 11.2. The number of hydrogen-bond acceptors (Lipinski definition) is 3. The first-order valence-electron chi connectivity index (χ1n) is 9.65. The van der Waals surface area contributed by atoms with Gasteiger partial charge in [0.2, 0.25) is 0 Å². The smallest absolute Gasteiger partial charge is 0.407 e. The highest BCUT2D eigenvalue weighted by Gasteiger charge is 2.22. The first kappa shape index (κ1) is 21.2. The molecule has 0 atom stereocenters. The molecule has 2 aromatic rings. The fourth-order valence-electron chi connectivity index (χ4n) is 3.39. The van der Waals surface area contributed by atoms with Crippen molar-refractivity contribution in [2.45, 2.75) is 6.54 Å². The molecular formula is C23H26ClN3O2. The highest BCUT2D eigenvalue weighted by Crippen LogP contribution is 2.29. The SMILES string of the molecule is CN(C)CC#Cc1cccc(-c2ccc(Cl)cc2)c1CN1CCN(C(=O)O)CC1. The van der Waals surface area contributed by atoms with Crippen LogP contribution < -0.4 is 0 Å². The Morgan fingerprint density at radius 1 is 1.10 bits per heavy atom. The predicted octanol–water partition coefficient (Wildman–Crippen LogP) is 3.72. The van der Waals surface area contributed by atoms with E-state index in [1.807, 2.05) is 49.3 Å². The van der Waals surface area contributed by atoms with Crippen LogP contribution in [0.4, 0.5) is 4.79 Å². The third kappa shape index (κ3) is 5.74. The van der Waals surface area contributed by atoms with Gasteiger partial charge in [-0.2, -0.15) is 0 Å². The molecule has 0 saturated carbocycles. The van der Waals surface area contributed by atoms with Crippen LogP contribution in [0.2, 0.25) is 5.02 Å². The number of rotatable bonds is 4. The summed E-state index contributed by atoms with van der Waals surface area (Å²) in [7, 11) is 4.00. The number of piperazine rings is 1. The van der Waals surface area contributed by atoms with Crippen molar-refractivity contribution in [3.8, 4) is 23.0 Å². The van der Waals surface area contributed by atoms with Gasteiger partial charge in [0.15, 0.2) is 0 Å². The molecule has 2 aromatic carbocycles. The molecule has 1 aliphatic rings. The molecule has 0 aromatic heterocycles. The van der Waals surface area contributed by atoms with Gasteiger partial charge < -0.3 is 10.0 Å². The summed E-state index contributed by atoms with van der Waals surface area (Å²) in [6, 6.07) is 14.1. The molecule has 0 unspecified atom stereocenters. The van der Waals surface area contributed by atoms with Crippen LogP contribution in [-0.2, 0) is 6.54 Å². The van der Waals surface area contributed by atoms with Crippen LogP contribution in [0.15, 0.2) is 42.5 Å². The first-order valence-corrected chi connectivity index (χ1v) is 10.0. The molecule has 1 fully saturated rings. The van der Waals surface area contributed by atoms with E-state index in [4.69, 9.17) is 11.6 Å². The second-order valence-corrected chi connectivity index (χ2v) is 7.86. The van der Waals surface area contributed by atoms with E-state index in [1.165, 1.54) is 10.5 Å². The van der Waals surface area contributed by atoms with E-state index < -0.39 is 6.09 Å². The molecule has 1 aliphatic heterocycles. The Labute approximate surface area is 177 Å². The van der Waals surface area contributed by atoms with E-state index in [0.29, 0.717) is 37.7 Å². The second kappa shape index (κ2) is 9.80. The first-order chi connectivity index (χ1) is 13.9. The minimum absolute atomic E-state index is 0.528. The largest absolute Gasteiger partial charge is 0.465 e. The molecule has 1 N–H and O–H groups in total. The van der Waals surface area contributed by atoms with E-state index in [-0.39, 0.29) is 0 Å². The zero-order chi connectivity index (χ0) is 20.8. The fraction of sp³-hybridized carbons (Fsp3) is 0.348. The van der Waals surface area contributed by atoms with Crippen LogP contribution in [0, 0.1) is 11.8 Å². The fourth-order valence-corrected chi connectivity index (χ4v) is 3.51. The van der Waals surface area contributed by atoms with Gasteiger partial charge in [-0.3, -0.25) is 9.80 Å². The molecule has 0 aliphatic carbocycles. The van der Waals surface area contributed by atoms with Gasteiger partial charge in [0.1, 0.15) is 0 Å². The average molecular weight is 412 g/mol. The normalized spacial score (nSPS) is 14.6. The number of carbonyl (C=O) groups is 1. The predicted molar refractivity (Wildman–Crippen MR) is 117 cm³/mol. The zero-order valence-electron chi connectivity index (χ0n) is 16.9. The summed E-state index contributed by atoms with van der Waals surface area (Å²) in [5.74, 6) is 6.57. The molecule has 1 heterocycles. The van der Waals surface area contributed by atoms with Crippen LogP contribution in [0.3, 0.4) is 0 Å². The Bertz CT molecular complexity index is 908. The van der Waals surface area contributed by atoms with Crippen molar-refractivity contribution in [2.24, 2.45) is 0 Å². The molecule has 5 nitrogen and oxygen atoms in total. The van der Waals surface area contributed by atoms with E-state index in [2.05, 4.69) is 28.9 Å². The molecule has 3 rings (SSSR count). The molecule has 0 radical (unpaired) electrons. The summed E-state index contributed by atoms with van der Waals surface area (Å²) in [6.45, 7) is 3.91. The van der Waals surface area contributed by atoms with Crippen LogP contribution in [0.5, 0.6) is 0 Å². The average Bonchev–Trinajstić information content (AvgIpc) is 2.70. The quantitative estimate of drug-likeness (QED) is 0.779. The molecular weight excluding hydrogens is 386 g/mol. The Morgan fingerprint density at radius 3 is 2.41 bits per heavy atom. The highest BCUT2D eigenvalue weighted by molar-refractivity contribution is 6.30. The molecule has 0 bridgehead atoms. The minimum atomic E-state index is -0.846. The highest BCUT2D eigenvalue weighted by atomic mass is 35.5. The number of nitrogens with zero attached hydrogens (tertiary/aromatic N) is 3. The zero-order valence-corrected chi connectivity index (χ0v) is 17.6. The van der Waals surface area contributed by atoms with Crippen molar-refractivity contribution >= 4 is 17.7 Å². The maximum absolute atomic E-state index is 11.2. The van der Waals surface area contributed by atoms with Gasteiger partial charge in [0.25, 0.3) is 0 Å². The standard InChI is InChI=1S/C23H26ClN3O2/c1-25(2)12-4-6-18-5-3-7-21(19-8-10-20(24)11-9-19)22(18)17-26-13-15-27(16-14-26)23(28)29/h3,5,7-11H,12-17H2,1-2H3,(H,28,29). The summed E-state index contributed by atoms with van der Waals surface area (Å²) in [4.78, 5) is 17.0. The van der Waals surface area contributed by atoms with Gasteiger partial charge in [-0.05, 0) is 49.0 Å². The van der Waals surface area contributed by atoms with Crippen LogP contribution in [0.25, 0.3) is 11.1 Å². The molecule has 6 heteroatoms. The minimum Gasteiger partial charge on any atom is -0.465 e. The van der Waals surface area contributed by atoms with Crippen molar-refractivity contribution in [2.75, 3.05) is 46.8 Å². The van der Waals surface area contributed by atoms with Crippen LogP contribution in [0.1, 0.15) is 11.1 Å². The van der Waals surface area contributed by atoms with E-state index in [0.717, 1.165) is 23.2 Å². The molecule has 29 heavy (non-hydrogen) atoms. The number of hydrogen-bond donors (Lipinski definition) is 1. The third-order valence-corrected chi connectivity index (χ3v) is 5.23. The lowest BCUT2D eigenvalue weighted by Crippen LogP contribution is -2.47. The lowest BCUT2D eigenvalue weighted by molar-refractivity contribution is 0.103. The van der Waals surface area contributed by atoms with Gasteiger partial charge in [0.05, 0.1) is 6.54 Å². The summed E-state index contributed by atoms with van der Waals surface area (Å²) < 4.78 is 0. The number of carboxylic acid groups (broad SMARTS) is 1. The summed E-state index contributed by atoms with van der Waals surface area (Å²) in [5, 5.41) is 9.90. The van der Waals surface area contributed by atoms with Gasteiger partial charge in [-0.15, -0.1) is 0 Å². The number of benzene rings is 2. The van der Waals surface area contributed by atoms with Gasteiger partial charge in [0, 0.05) is 43.3 Å². The van der Waals surface area contributed by atoms with E-state index in [1.54, 1.807) is 0 Å². The van der Waals surface area contributed by atoms with Gasteiger partial charge in [-0.25, -0.2) is 4.79 Å². The lowest BCUT2D eigenvalue weighted by atomic mass is 9.95. The van der Waals surface area contributed by atoms with Gasteiger partial charge in [-0.1, -0.05) is 47.7 Å². The van der Waals surface area contributed by atoms with Crippen molar-refractivity contribution in [3.05, 3.63) is 58.6 Å². The Kier molecular flexibility index (Phi) is 7.16. The topological polar surface area (TPSA) is 47.0 Å². The van der Waals surface area contributed by atoms with Crippen molar-refractivity contribution in [1.29, 1.82) is 0 Å². The lowest BCUT2D eigenvalue weighted by Gasteiger charge is -2.33. The molecule has 0 spiro atoms. The van der Waals surface area contributed by atoms with Crippen LogP contribution >= 0.6 is 11.6 Å². The Morgan fingerprint density at radius 2 is 1.79 bits per heavy atom. The second-order valence-electron chi connectivity index (χ2n) is 7.42. The summed E-state index contributed by atoms with van der Waals surface area (Å²) >= 11 is 6.08. The summed E-state index contributed by atoms with van der Waals surface area (Å²) in [5.41, 5.74) is 4.42. The van der Waals surface area contributed by atoms with Crippen molar-refractivity contribution < 1.29 is 9.90 Å². The number of amides is 1. The monoisotopic (exact) mass is 411 g/mol. The van der Waals surface area contributed by atoms with Crippen molar-refractivity contribution in [3.63, 3.8) is 0 Å². The summed E-state index contributed by atoms with van der Waals surface area (Å²) in [6.07, 6.45) is -0.846. The Hall–Kier alpha value is -2.52.